The Labute approximate surface area is 173 Å². The third kappa shape index (κ3) is 8.92. The van der Waals surface area contributed by atoms with Crippen molar-refractivity contribution in [2.24, 2.45) is 0 Å². The van der Waals surface area contributed by atoms with Gasteiger partial charge < -0.3 is 20.1 Å². The van der Waals surface area contributed by atoms with Gasteiger partial charge >= 0.3 is 11.9 Å². The molecule has 0 saturated carbocycles. The first kappa shape index (κ1) is 23.3. The molecule has 2 heterocycles. The van der Waals surface area contributed by atoms with Crippen LogP contribution in [0.4, 0.5) is 5.82 Å². The monoisotopic (exact) mass is 405 g/mol. The predicted octanol–water partition coefficient (Wildman–Crippen LogP) is 3.02. The SMILES string of the molecule is COC(C)CC(CCC(=O)OC(C)=O)NCCCCc1ccc2c(n1)NCCC2. The molecule has 0 fully saturated rings. The third-order valence-corrected chi connectivity index (χ3v) is 5.22. The maximum absolute atomic E-state index is 11.6. The molecule has 7 nitrogen and oxygen atoms in total. The summed E-state index contributed by atoms with van der Waals surface area (Å²) in [4.78, 5) is 27.3. The van der Waals surface area contributed by atoms with E-state index in [1.807, 2.05) is 6.92 Å². The Bertz CT molecular complexity index is 665. The first-order chi connectivity index (χ1) is 14.0. The number of nitrogens with zero attached hydrogens (tertiary/aromatic N) is 1. The highest BCUT2D eigenvalue weighted by Gasteiger charge is 2.16. The van der Waals surface area contributed by atoms with Gasteiger partial charge in [-0.25, -0.2) is 4.98 Å². The van der Waals surface area contributed by atoms with Crippen molar-refractivity contribution in [3.8, 4) is 0 Å². The fourth-order valence-corrected chi connectivity index (χ4v) is 3.55. The van der Waals surface area contributed by atoms with Gasteiger partial charge in [-0.2, -0.15) is 0 Å². The summed E-state index contributed by atoms with van der Waals surface area (Å²) >= 11 is 0. The highest BCUT2D eigenvalue weighted by atomic mass is 16.6. The summed E-state index contributed by atoms with van der Waals surface area (Å²) in [6.07, 6.45) is 7.08. The van der Waals surface area contributed by atoms with Crippen molar-refractivity contribution in [1.29, 1.82) is 0 Å². The molecular formula is C22H35N3O4. The van der Waals surface area contributed by atoms with Gasteiger partial charge in [0.05, 0.1) is 6.10 Å². The normalized spacial score (nSPS) is 15.1. The van der Waals surface area contributed by atoms with Crippen LogP contribution in [-0.4, -0.2) is 49.3 Å². The maximum atomic E-state index is 11.6. The number of aryl methyl sites for hydroxylation is 2. The van der Waals surface area contributed by atoms with Crippen LogP contribution in [0.2, 0.25) is 0 Å². The first-order valence-electron chi connectivity index (χ1n) is 10.7. The van der Waals surface area contributed by atoms with Crippen LogP contribution in [0.25, 0.3) is 0 Å². The van der Waals surface area contributed by atoms with Gasteiger partial charge in [-0.15, -0.1) is 0 Å². The van der Waals surface area contributed by atoms with Crippen LogP contribution < -0.4 is 10.6 Å². The van der Waals surface area contributed by atoms with E-state index in [0.717, 1.165) is 56.7 Å². The molecule has 1 aliphatic heterocycles. The van der Waals surface area contributed by atoms with Crippen molar-refractivity contribution < 1.29 is 19.1 Å². The van der Waals surface area contributed by atoms with Crippen molar-refractivity contribution in [3.05, 3.63) is 23.4 Å². The van der Waals surface area contributed by atoms with Crippen LogP contribution in [0, 0.1) is 0 Å². The minimum atomic E-state index is -0.559. The topological polar surface area (TPSA) is 89.5 Å². The lowest BCUT2D eigenvalue weighted by Crippen LogP contribution is -2.34. The van der Waals surface area contributed by atoms with Crippen molar-refractivity contribution in [2.75, 3.05) is 25.5 Å². The molecule has 2 rings (SSSR count). The van der Waals surface area contributed by atoms with Crippen LogP contribution in [0.3, 0.4) is 0 Å². The molecule has 29 heavy (non-hydrogen) atoms. The summed E-state index contributed by atoms with van der Waals surface area (Å²) in [5.41, 5.74) is 2.45. The van der Waals surface area contributed by atoms with Gasteiger partial charge in [0.15, 0.2) is 0 Å². The number of rotatable bonds is 12. The number of unbranched alkanes of at least 4 members (excludes halogenated alkanes) is 1. The van der Waals surface area contributed by atoms with E-state index in [4.69, 9.17) is 9.72 Å². The van der Waals surface area contributed by atoms with E-state index in [0.29, 0.717) is 6.42 Å². The molecule has 0 amide bonds. The van der Waals surface area contributed by atoms with E-state index in [1.165, 1.54) is 18.9 Å². The molecule has 162 valence electrons. The summed E-state index contributed by atoms with van der Waals surface area (Å²) in [7, 11) is 1.69. The number of hydrogen-bond donors (Lipinski definition) is 2. The summed E-state index contributed by atoms with van der Waals surface area (Å²) in [6.45, 7) is 5.13. The molecule has 1 aromatic heterocycles. The van der Waals surface area contributed by atoms with Crippen molar-refractivity contribution in [1.82, 2.24) is 10.3 Å². The lowest BCUT2D eigenvalue weighted by molar-refractivity contribution is -0.158. The van der Waals surface area contributed by atoms with Crippen molar-refractivity contribution >= 4 is 17.8 Å². The van der Waals surface area contributed by atoms with Crippen molar-refractivity contribution in [3.63, 3.8) is 0 Å². The average Bonchev–Trinajstić information content (AvgIpc) is 2.70. The minimum absolute atomic E-state index is 0.100. The summed E-state index contributed by atoms with van der Waals surface area (Å²) < 4.78 is 9.97. The molecule has 0 saturated heterocycles. The van der Waals surface area contributed by atoms with Gasteiger partial charge in [0, 0.05) is 38.7 Å². The zero-order valence-electron chi connectivity index (χ0n) is 18.0. The standard InChI is InChI=1S/C22H35N3O4/c1-16(28-3)15-20(11-12-21(27)29-17(2)26)23-13-5-4-8-19-10-9-18-7-6-14-24-22(18)25-19/h9-10,16,20,23H,4-8,11-15H2,1-3H3,(H,24,25). The highest BCUT2D eigenvalue weighted by Crippen LogP contribution is 2.20. The zero-order chi connectivity index (χ0) is 21.1. The molecule has 0 aromatic carbocycles. The van der Waals surface area contributed by atoms with E-state index in [2.05, 4.69) is 27.5 Å². The lowest BCUT2D eigenvalue weighted by atomic mass is 10.0. The number of ether oxygens (including phenoxy) is 2. The molecule has 0 bridgehead atoms. The van der Waals surface area contributed by atoms with Crippen LogP contribution >= 0.6 is 0 Å². The number of anilines is 1. The molecule has 1 aliphatic rings. The fourth-order valence-electron chi connectivity index (χ4n) is 3.55. The molecule has 2 unspecified atom stereocenters. The molecule has 7 heteroatoms. The van der Waals surface area contributed by atoms with Gasteiger partial charge in [-0.3, -0.25) is 9.59 Å². The largest absolute Gasteiger partial charge is 0.393 e. The smallest absolute Gasteiger partial charge is 0.313 e. The van der Waals surface area contributed by atoms with E-state index in [1.54, 1.807) is 7.11 Å². The molecule has 0 spiro atoms. The Morgan fingerprint density at radius 2 is 2.14 bits per heavy atom. The Morgan fingerprint density at radius 3 is 2.90 bits per heavy atom. The molecule has 2 atom stereocenters. The zero-order valence-corrected chi connectivity index (χ0v) is 18.0. The van der Waals surface area contributed by atoms with E-state index in [9.17, 15) is 9.59 Å². The molecule has 0 radical (unpaired) electrons. The number of methoxy groups -OCH3 is 1. The number of carbonyl (C=O) groups is 2. The van der Waals surface area contributed by atoms with E-state index in [-0.39, 0.29) is 18.6 Å². The Morgan fingerprint density at radius 1 is 1.31 bits per heavy atom. The second-order valence-corrected chi connectivity index (χ2v) is 7.74. The van der Waals surface area contributed by atoms with Crippen LogP contribution in [0.5, 0.6) is 0 Å². The second kappa shape index (κ2) is 12.5. The Balaban J connectivity index is 1.70. The Kier molecular flexibility index (Phi) is 10.1. The van der Waals surface area contributed by atoms with E-state index < -0.39 is 11.9 Å². The average molecular weight is 406 g/mol. The number of hydrogen-bond acceptors (Lipinski definition) is 7. The maximum Gasteiger partial charge on any atom is 0.313 e. The number of carbonyl (C=O) groups excluding carboxylic acids is 2. The number of fused-ring (bicyclic) bond motifs is 1. The minimum Gasteiger partial charge on any atom is -0.393 e. The van der Waals surface area contributed by atoms with Gasteiger partial charge in [-0.05, 0) is 70.0 Å². The van der Waals surface area contributed by atoms with Gasteiger partial charge in [0.1, 0.15) is 5.82 Å². The fraction of sp³-hybridized carbons (Fsp3) is 0.682. The summed E-state index contributed by atoms with van der Waals surface area (Å²) in [5, 5.41) is 6.91. The van der Waals surface area contributed by atoms with Gasteiger partial charge in [0.2, 0.25) is 0 Å². The molecule has 0 aliphatic carbocycles. The second-order valence-electron chi connectivity index (χ2n) is 7.74. The third-order valence-electron chi connectivity index (χ3n) is 5.22. The number of aromatic nitrogens is 1. The van der Waals surface area contributed by atoms with Crippen LogP contribution in [-0.2, 0) is 31.9 Å². The van der Waals surface area contributed by atoms with E-state index >= 15 is 0 Å². The highest BCUT2D eigenvalue weighted by molar-refractivity contribution is 5.84. The van der Waals surface area contributed by atoms with Gasteiger partial charge in [-0.1, -0.05) is 6.07 Å². The Hall–Kier alpha value is -1.99. The van der Waals surface area contributed by atoms with Crippen molar-refractivity contribution in [2.45, 2.75) is 77.4 Å². The van der Waals surface area contributed by atoms with Gasteiger partial charge in [0.25, 0.3) is 0 Å². The van der Waals surface area contributed by atoms with Crippen LogP contribution in [0.15, 0.2) is 12.1 Å². The summed E-state index contributed by atoms with van der Waals surface area (Å²) in [5.74, 6) is 0.0233. The lowest BCUT2D eigenvalue weighted by Gasteiger charge is -2.21. The quantitative estimate of drug-likeness (QED) is 0.314. The predicted molar refractivity (Wildman–Crippen MR) is 113 cm³/mol. The van der Waals surface area contributed by atoms with Crippen LogP contribution in [0.1, 0.15) is 63.6 Å². The summed E-state index contributed by atoms with van der Waals surface area (Å²) in [6, 6.07) is 4.49. The first-order valence-corrected chi connectivity index (χ1v) is 10.7. The molecule has 2 N–H and O–H groups in total. The number of nitrogens with one attached hydrogen (secondary N) is 2. The molecular weight excluding hydrogens is 370 g/mol. The molecule has 1 aromatic rings. The number of esters is 2. The number of pyridine rings is 1.